The number of aromatic nitrogens is 1. The highest BCUT2D eigenvalue weighted by Crippen LogP contribution is 2.26. The van der Waals surface area contributed by atoms with Crippen LogP contribution in [0.1, 0.15) is 5.69 Å². The second-order valence-corrected chi connectivity index (χ2v) is 6.11. The van der Waals surface area contributed by atoms with Crippen LogP contribution in [0.25, 0.3) is 0 Å². The molecule has 0 amide bonds. The van der Waals surface area contributed by atoms with Crippen LogP contribution in [0.5, 0.6) is 5.75 Å². The van der Waals surface area contributed by atoms with Crippen molar-refractivity contribution in [2.24, 2.45) is 5.73 Å². The van der Waals surface area contributed by atoms with Crippen molar-refractivity contribution in [3.8, 4) is 5.75 Å². The molecule has 6 nitrogen and oxygen atoms in total. The number of nitrogens with zero attached hydrogens (tertiary/aromatic N) is 1. The third-order valence-corrected chi connectivity index (χ3v) is 4.24. The molecule has 110 valence electrons. The van der Waals surface area contributed by atoms with Crippen molar-refractivity contribution in [3.05, 3.63) is 48.3 Å². The number of methoxy groups -OCH3 is 1. The minimum absolute atomic E-state index is 0.0508. The number of rotatable bonds is 5. The number of sulfonamides is 1. The minimum Gasteiger partial charge on any atom is -0.495 e. The molecule has 0 saturated carbocycles. The lowest BCUT2D eigenvalue weighted by atomic mass is 10.3. The third kappa shape index (κ3) is 3.29. The highest BCUT2D eigenvalue weighted by Gasteiger charge is 2.21. The molecule has 1 aromatic heterocycles. The molecular weight excluding hydrogens is 310 g/mol. The van der Waals surface area contributed by atoms with Crippen molar-refractivity contribution in [2.45, 2.75) is 4.90 Å². The summed E-state index contributed by atoms with van der Waals surface area (Å²) >= 11 is 4.83. The van der Waals surface area contributed by atoms with Gasteiger partial charge in [-0.25, -0.2) is 8.42 Å². The molecule has 8 heteroatoms. The van der Waals surface area contributed by atoms with Gasteiger partial charge in [-0.2, -0.15) is 0 Å². The number of anilines is 1. The quantitative estimate of drug-likeness (QED) is 0.810. The Balaban J connectivity index is 2.46. The van der Waals surface area contributed by atoms with Gasteiger partial charge in [0.2, 0.25) is 0 Å². The maximum Gasteiger partial charge on any atom is 0.264 e. The summed E-state index contributed by atoms with van der Waals surface area (Å²) in [5.41, 5.74) is 5.88. The number of para-hydroxylation sites is 2. The average Bonchev–Trinajstić information content (AvgIpc) is 2.47. The van der Waals surface area contributed by atoms with Crippen LogP contribution in [-0.2, 0) is 10.0 Å². The number of ether oxygens (including phenoxy) is 1. The number of thiocarbonyl (C=S) groups is 1. The van der Waals surface area contributed by atoms with Crippen LogP contribution < -0.4 is 15.2 Å². The van der Waals surface area contributed by atoms with Crippen LogP contribution >= 0.6 is 12.2 Å². The first-order chi connectivity index (χ1) is 9.95. The second-order valence-electron chi connectivity index (χ2n) is 4.02. The zero-order valence-electron chi connectivity index (χ0n) is 11.1. The van der Waals surface area contributed by atoms with Gasteiger partial charge < -0.3 is 10.5 Å². The fourth-order valence-electron chi connectivity index (χ4n) is 1.72. The van der Waals surface area contributed by atoms with Crippen LogP contribution in [-0.4, -0.2) is 25.5 Å². The van der Waals surface area contributed by atoms with E-state index in [1.165, 1.54) is 25.4 Å². The molecule has 0 unspecified atom stereocenters. The van der Waals surface area contributed by atoms with Crippen molar-refractivity contribution < 1.29 is 13.2 Å². The Labute approximate surface area is 128 Å². The van der Waals surface area contributed by atoms with Gasteiger partial charge in [0, 0.05) is 6.20 Å². The Bertz CT molecular complexity index is 776. The number of nitrogens with two attached hydrogens (primary N) is 1. The smallest absolute Gasteiger partial charge is 0.264 e. The van der Waals surface area contributed by atoms with Crippen molar-refractivity contribution >= 4 is 32.9 Å². The largest absolute Gasteiger partial charge is 0.495 e. The number of nitrogens with one attached hydrogen (secondary N) is 1. The molecule has 0 aliphatic carbocycles. The lowest BCUT2D eigenvalue weighted by molar-refractivity contribution is 0.417. The molecule has 0 aliphatic heterocycles. The Hall–Kier alpha value is -2.19. The van der Waals surface area contributed by atoms with Crippen molar-refractivity contribution in [1.29, 1.82) is 0 Å². The maximum atomic E-state index is 12.5. The predicted octanol–water partition coefficient (Wildman–Crippen LogP) is 1.53. The van der Waals surface area contributed by atoms with E-state index in [0.29, 0.717) is 11.4 Å². The van der Waals surface area contributed by atoms with Crippen LogP contribution in [0.2, 0.25) is 0 Å². The highest BCUT2D eigenvalue weighted by molar-refractivity contribution is 7.93. The summed E-state index contributed by atoms with van der Waals surface area (Å²) in [5, 5.41) is 0. The summed E-state index contributed by atoms with van der Waals surface area (Å²) < 4.78 is 32.5. The van der Waals surface area contributed by atoms with Gasteiger partial charge >= 0.3 is 0 Å². The first-order valence-corrected chi connectivity index (χ1v) is 7.75. The molecule has 0 fully saturated rings. The zero-order valence-corrected chi connectivity index (χ0v) is 12.7. The van der Waals surface area contributed by atoms with E-state index in [2.05, 4.69) is 9.71 Å². The highest BCUT2D eigenvalue weighted by atomic mass is 32.2. The Kier molecular flexibility index (Phi) is 4.39. The molecule has 0 aliphatic rings. The molecule has 0 spiro atoms. The van der Waals surface area contributed by atoms with Crippen LogP contribution in [0.15, 0.2) is 47.5 Å². The summed E-state index contributed by atoms with van der Waals surface area (Å²) in [5.74, 6) is 0.404. The summed E-state index contributed by atoms with van der Waals surface area (Å²) in [6.45, 7) is 0. The normalized spacial score (nSPS) is 10.9. The molecule has 3 N–H and O–H groups in total. The van der Waals surface area contributed by atoms with E-state index in [0.717, 1.165) is 0 Å². The Morgan fingerprint density at radius 1 is 1.29 bits per heavy atom. The molecule has 1 heterocycles. The van der Waals surface area contributed by atoms with Gasteiger partial charge in [-0.15, -0.1) is 0 Å². The molecule has 2 aromatic rings. The maximum absolute atomic E-state index is 12.5. The predicted molar refractivity (Wildman–Crippen MR) is 83.9 cm³/mol. The van der Waals surface area contributed by atoms with E-state index in [1.807, 2.05) is 0 Å². The van der Waals surface area contributed by atoms with Crippen molar-refractivity contribution in [3.63, 3.8) is 0 Å². The topological polar surface area (TPSA) is 94.3 Å². The zero-order chi connectivity index (χ0) is 15.5. The van der Waals surface area contributed by atoms with Crippen molar-refractivity contribution in [1.82, 2.24) is 4.98 Å². The van der Waals surface area contributed by atoms with Gasteiger partial charge in [-0.1, -0.05) is 24.4 Å². The second kappa shape index (κ2) is 6.06. The van der Waals surface area contributed by atoms with Gasteiger partial charge in [-0.3, -0.25) is 9.71 Å². The molecular formula is C13H13N3O3S2. The SMILES string of the molecule is COc1ccccc1NS(=O)(=O)c1cccnc1C(N)=S. The van der Waals surface area contributed by atoms with Gasteiger partial charge in [0.25, 0.3) is 10.0 Å². The van der Waals surface area contributed by atoms with E-state index in [-0.39, 0.29) is 15.6 Å². The monoisotopic (exact) mass is 323 g/mol. The van der Waals surface area contributed by atoms with Gasteiger partial charge in [0.15, 0.2) is 0 Å². The summed E-state index contributed by atoms with van der Waals surface area (Å²) in [4.78, 5) is 3.74. The fraction of sp³-hybridized carbons (Fsp3) is 0.0769. The standard InChI is InChI=1S/C13H13N3O3S2/c1-19-10-6-3-2-5-9(10)16-21(17,18)11-7-4-8-15-12(11)13(14)20/h2-8,16H,1H3,(H2,14,20). The number of hydrogen-bond donors (Lipinski definition) is 2. The van der Waals surface area contributed by atoms with E-state index >= 15 is 0 Å². The Morgan fingerprint density at radius 2 is 2.00 bits per heavy atom. The van der Waals surface area contributed by atoms with Crippen LogP contribution in [0, 0.1) is 0 Å². The van der Waals surface area contributed by atoms with Crippen LogP contribution in [0.3, 0.4) is 0 Å². The summed E-state index contributed by atoms with van der Waals surface area (Å²) in [6, 6.07) is 9.56. The van der Waals surface area contributed by atoms with Crippen molar-refractivity contribution in [2.75, 3.05) is 11.8 Å². The molecule has 1 aromatic carbocycles. The number of hydrogen-bond acceptors (Lipinski definition) is 5. The average molecular weight is 323 g/mol. The summed E-state index contributed by atoms with van der Waals surface area (Å²) in [6.07, 6.45) is 1.43. The third-order valence-electron chi connectivity index (χ3n) is 2.64. The van der Waals surface area contributed by atoms with E-state index in [9.17, 15) is 8.42 Å². The molecule has 0 radical (unpaired) electrons. The minimum atomic E-state index is -3.88. The molecule has 21 heavy (non-hydrogen) atoms. The summed E-state index contributed by atoms with van der Waals surface area (Å²) in [7, 11) is -2.43. The van der Waals surface area contributed by atoms with E-state index in [4.69, 9.17) is 22.7 Å². The molecule has 0 bridgehead atoms. The molecule has 0 atom stereocenters. The first-order valence-electron chi connectivity index (χ1n) is 5.86. The van der Waals surface area contributed by atoms with Crippen LogP contribution in [0.4, 0.5) is 5.69 Å². The fourth-order valence-corrected chi connectivity index (χ4v) is 3.19. The van der Waals surface area contributed by atoms with Gasteiger partial charge in [-0.05, 0) is 24.3 Å². The van der Waals surface area contributed by atoms with E-state index in [1.54, 1.807) is 24.3 Å². The lowest BCUT2D eigenvalue weighted by Crippen LogP contribution is -2.21. The molecule has 2 rings (SSSR count). The molecule has 0 saturated heterocycles. The number of benzene rings is 1. The van der Waals surface area contributed by atoms with E-state index < -0.39 is 10.0 Å². The number of pyridine rings is 1. The lowest BCUT2D eigenvalue weighted by Gasteiger charge is -2.13. The van der Waals surface area contributed by atoms with Gasteiger partial charge in [0.1, 0.15) is 21.3 Å². The Morgan fingerprint density at radius 3 is 2.67 bits per heavy atom. The first kappa shape index (κ1) is 15.2. The van der Waals surface area contributed by atoms with Gasteiger partial charge in [0.05, 0.1) is 12.8 Å².